The zero-order chi connectivity index (χ0) is 19.4. The standard InChI is InChI=1S/C20H17Cl2NO4/c1-3-25-18-10-14(8-16-12(2)23-27-20(16)24)9-17(22)19(18)26-11-13-5-4-6-15(21)7-13/h4-10H,3,11H2,1-2H3/b16-8+. The second-order valence-corrected chi connectivity index (χ2v) is 6.64. The predicted molar refractivity (Wildman–Crippen MR) is 106 cm³/mol. The van der Waals surface area contributed by atoms with Crippen LogP contribution in [0.3, 0.4) is 0 Å². The lowest BCUT2D eigenvalue weighted by molar-refractivity contribution is -0.136. The summed E-state index contributed by atoms with van der Waals surface area (Å²) in [4.78, 5) is 16.4. The molecular weight excluding hydrogens is 389 g/mol. The molecular formula is C20H17Cl2NO4. The third-order valence-corrected chi connectivity index (χ3v) is 4.31. The number of carbonyl (C=O) groups excluding carboxylic acids is 1. The Morgan fingerprint density at radius 2 is 2.00 bits per heavy atom. The highest BCUT2D eigenvalue weighted by molar-refractivity contribution is 6.32. The number of hydrogen-bond acceptors (Lipinski definition) is 5. The molecule has 0 atom stereocenters. The molecule has 1 aliphatic heterocycles. The van der Waals surface area contributed by atoms with Gasteiger partial charge in [-0.05, 0) is 55.3 Å². The minimum absolute atomic E-state index is 0.291. The quantitative estimate of drug-likeness (QED) is 0.483. The summed E-state index contributed by atoms with van der Waals surface area (Å²) >= 11 is 12.4. The van der Waals surface area contributed by atoms with E-state index in [1.165, 1.54) is 0 Å². The molecule has 1 heterocycles. The molecule has 7 heteroatoms. The molecule has 5 nitrogen and oxygen atoms in total. The predicted octanol–water partition coefficient (Wildman–Crippen LogP) is 5.29. The summed E-state index contributed by atoms with van der Waals surface area (Å²) in [7, 11) is 0. The van der Waals surface area contributed by atoms with Crippen LogP contribution in [0, 0.1) is 0 Å². The summed E-state index contributed by atoms with van der Waals surface area (Å²) < 4.78 is 11.6. The first-order chi connectivity index (χ1) is 13.0. The van der Waals surface area contributed by atoms with Gasteiger partial charge in [-0.15, -0.1) is 0 Å². The average molecular weight is 406 g/mol. The normalized spacial score (nSPS) is 14.9. The third kappa shape index (κ3) is 4.62. The Morgan fingerprint density at radius 1 is 1.19 bits per heavy atom. The number of halogens is 2. The molecule has 140 valence electrons. The van der Waals surface area contributed by atoms with E-state index in [-0.39, 0.29) is 0 Å². The maximum atomic E-state index is 11.7. The molecule has 0 aliphatic carbocycles. The minimum atomic E-state index is -0.497. The van der Waals surface area contributed by atoms with E-state index in [4.69, 9.17) is 32.7 Å². The number of carbonyl (C=O) groups is 1. The minimum Gasteiger partial charge on any atom is -0.490 e. The Bertz CT molecular complexity index is 938. The first-order valence-electron chi connectivity index (χ1n) is 8.29. The fourth-order valence-electron chi connectivity index (χ4n) is 2.54. The molecule has 2 aromatic rings. The fourth-order valence-corrected chi connectivity index (χ4v) is 3.03. The second-order valence-electron chi connectivity index (χ2n) is 5.80. The number of rotatable bonds is 6. The van der Waals surface area contributed by atoms with Gasteiger partial charge in [-0.3, -0.25) is 0 Å². The molecule has 27 heavy (non-hydrogen) atoms. The lowest BCUT2D eigenvalue weighted by atomic mass is 10.1. The summed E-state index contributed by atoms with van der Waals surface area (Å²) in [5.74, 6) is 0.419. The van der Waals surface area contributed by atoms with Gasteiger partial charge in [0.25, 0.3) is 0 Å². The number of hydrogen-bond donors (Lipinski definition) is 0. The first kappa shape index (κ1) is 19.3. The molecule has 0 aromatic heterocycles. The molecule has 0 bridgehead atoms. The maximum Gasteiger partial charge on any atom is 0.367 e. The van der Waals surface area contributed by atoms with Crippen molar-refractivity contribution in [2.45, 2.75) is 20.5 Å². The molecule has 0 radical (unpaired) electrons. The fraction of sp³-hybridized carbons (Fsp3) is 0.200. The van der Waals surface area contributed by atoms with Gasteiger partial charge in [0.1, 0.15) is 6.61 Å². The highest BCUT2D eigenvalue weighted by Crippen LogP contribution is 2.38. The van der Waals surface area contributed by atoms with Gasteiger partial charge < -0.3 is 14.3 Å². The van der Waals surface area contributed by atoms with E-state index in [1.807, 2.05) is 25.1 Å². The van der Waals surface area contributed by atoms with Crippen LogP contribution in [0.15, 0.2) is 47.1 Å². The van der Waals surface area contributed by atoms with E-state index in [0.29, 0.717) is 51.6 Å². The molecule has 3 rings (SSSR count). The Morgan fingerprint density at radius 3 is 2.67 bits per heavy atom. The molecule has 0 unspecified atom stereocenters. The Hall–Kier alpha value is -2.50. The number of oxime groups is 1. The SMILES string of the molecule is CCOc1cc(/C=C2/C(=O)ON=C2C)cc(Cl)c1OCc1cccc(Cl)c1. The second kappa shape index (κ2) is 8.46. The Balaban J connectivity index is 1.89. The zero-order valence-electron chi connectivity index (χ0n) is 14.8. The van der Waals surface area contributed by atoms with Crippen LogP contribution in [0.1, 0.15) is 25.0 Å². The summed E-state index contributed by atoms with van der Waals surface area (Å²) in [5, 5.41) is 4.67. The molecule has 0 saturated heterocycles. The monoisotopic (exact) mass is 405 g/mol. The van der Waals surface area contributed by atoms with Crippen molar-refractivity contribution in [1.82, 2.24) is 0 Å². The smallest absolute Gasteiger partial charge is 0.367 e. The van der Waals surface area contributed by atoms with Crippen molar-refractivity contribution in [3.05, 3.63) is 63.1 Å². The highest BCUT2D eigenvalue weighted by Gasteiger charge is 2.22. The van der Waals surface area contributed by atoms with E-state index >= 15 is 0 Å². The van der Waals surface area contributed by atoms with Crippen molar-refractivity contribution in [2.75, 3.05) is 6.61 Å². The van der Waals surface area contributed by atoms with Crippen LogP contribution < -0.4 is 9.47 Å². The lowest BCUT2D eigenvalue weighted by Gasteiger charge is -2.15. The van der Waals surface area contributed by atoms with Crippen LogP contribution in [0.25, 0.3) is 6.08 Å². The van der Waals surface area contributed by atoms with Crippen molar-refractivity contribution in [3.8, 4) is 11.5 Å². The summed E-state index contributed by atoms with van der Waals surface area (Å²) in [5.41, 5.74) is 2.48. The van der Waals surface area contributed by atoms with E-state index in [9.17, 15) is 4.79 Å². The topological polar surface area (TPSA) is 57.1 Å². The molecule has 0 saturated carbocycles. The largest absolute Gasteiger partial charge is 0.490 e. The van der Waals surface area contributed by atoms with Crippen molar-refractivity contribution in [2.24, 2.45) is 5.16 Å². The molecule has 1 aliphatic rings. The molecule has 0 spiro atoms. The van der Waals surface area contributed by atoms with Crippen LogP contribution in [0.5, 0.6) is 11.5 Å². The first-order valence-corrected chi connectivity index (χ1v) is 9.05. The van der Waals surface area contributed by atoms with E-state index in [1.54, 1.807) is 31.2 Å². The molecule has 0 fully saturated rings. The number of ether oxygens (including phenoxy) is 2. The van der Waals surface area contributed by atoms with Crippen LogP contribution in [-0.4, -0.2) is 18.3 Å². The molecule has 0 amide bonds. The Kier molecular flexibility index (Phi) is 6.04. The highest BCUT2D eigenvalue weighted by atomic mass is 35.5. The summed E-state index contributed by atoms with van der Waals surface area (Å²) in [6.45, 7) is 4.29. The van der Waals surface area contributed by atoms with E-state index < -0.39 is 5.97 Å². The number of nitrogens with zero attached hydrogens (tertiary/aromatic N) is 1. The third-order valence-electron chi connectivity index (χ3n) is 3.79. The van der Waals surface area contributed by atoms with Gasteiger partial charge in [-0.2, -0.15) is 0 Å². The van der Waals surface area contributed by atoms with E-state index in [2.05, 4.69) is 9.99 Å². The summed E-state index contributed by atoms with van der Waals surface area (Å²) in [6, 6.07) is 10.8. The van der Waals surface area contributed by atoms with Gasteiger partial charge in [0, 0.05) is 5.02 Å². The average Bonchev–Trinajstić information content (AvgIpc) is 2.93. The summed E-state index contributed by atoms with van der Waals surface area (Å²) in [6.07, 6.45) is 1.66. The van der Waals surface area contributed by atoms with E-state index in [0.717, 1.165) is 5.56 Å². The van der Waals surface area contributed by atoms with Crippen LogP contribution in [0.4, 0.5) is 0 Å². The zero-order valence-corrected chi connectivity index (χ0v) is 16.3. The van der Waals surface area contributed by atoms with Gasteiger partial charge in [-0.25, -0.2) is 4.79 Å². The van der Waals surface area contributed by atoms with Gasteiger partial charge in [0.15, 0.2) is 11.5 Å². The van der Waals surface area contributed by atoms with Gasteiger partial charge >= 0.3 is 5.97 Å². The van der Waals surface area contributed by atoms with Crippen molar-refractivity contribution < 1.29 is 19.1 Å². The lowest BCUT2D eigenvalue weighted by Crippen LogP contribution is -2.03. The van der Waals surface area contributed by atoms with Crippen LogP contribution in [-0.2, 0) is 16.2 Å². The van der Waals surface area contributed by atoms with Gasteiger partial charge in [0.2, 0.25) is 0 Å². The molecule has 0 N–H and O–H groups in total. The van der Waals surface area contributed by atoms with Gasteiger partial charge in [-0.1, -0.05) is 40.5 Å². The molecule has 2 aromatic carbocycles. The maximum absolute atomic E-state index is 11.7. The Labute approximate surface area is 167 Å². The van der Waals surface area contributed by atoms with Crippen molar-refractivity contribution >= 4 is 41.0 Å². The van der Waals surface area contributed by atoms with Crippen molar-refractivity contribution in [3.63, 3.8) is 0 Å². The number of benzene rings is 2. The van der Waals surface area contributed by atoms with Crippen molar-refractivity contribution in [1.29, 1.82) is 0 Å². The van der Waals surface area contributed by atoms with Gasteiger partial charge in [0.05, 0.1) is 22.9 Å². The van der Waals surface area contributed by atoms with Crippen LogP contribution in [0.2, 0.25) is 10.0 Å². The van der Waals surface area contributed by atoms with Crippen LogP contribution >= 0.6 is 23.2 Å².